The molecule has 1 fully saturated rings. The molecule has 0 amide bonds. The summed E-state index contributed by atoms with van der Waals surface area (Å²) in [6.45, 7) is 2.50. The van der Waals surface area contributed by atoms with Gasteiger partial charge in [-0.15, -0.1) is 0 Å². The summed E-state index contributed by atoms with van der Waals surface area (Å²) in [7, 11) is 1.62. The first kappa shape index (κ1) is 12.7. The van der Waals surface area contributed by atoms with E-state index < -0.39 is 5.54 Å². The Balaban J connectivity index is 2.55. The lowest BCUT2D eigenvalue weighted by molar-refractivity contribution is 0.230. The molecule has 4 nitrogen and oxygen atoms in total. The number of benzene rings is 1. The van der Waals surface area contributed by atoms with Gasteiger partial charge in [0.2, 0.25) is 6.08 Å². The molecule has 1 aliphatic carbocycles. The molecular weight excluding hydrogens is 230 g/mol. The van der Waals surface area contributed by atoms with Crippen LogP contribution in [-0.2, 0) is 10.3 Å². The first-order valence-corrected chi connectivity index (χ1v) is 6.16. The molecule has 1 aromatic carbocycles. The van der Waals surface area contributed by atoms with E-state index >= 15 is 0 Å². The van der Waals surface area contributed by atoms with E-state index in [-0.39, 0.29) is 0 Å². The van der Waals surface area contributed by atoms with Crippen LogP contribution < -0.4 is 9.47 Å². The molecule has 0 radical (unpaired) electrons. The molecule has 0 spiro atoms. The molecule has 1 aromatic rings. The number of nitrogens with zero attached hydrogens (tertiary/aromatic N) is 1. The number of isocyanates is 1. The van der Waals surface area contributed by atoms with Gasteiger partial charge in [0, 0.05) is 0 Å². The van der Waals surface area contributed by atoms with Crippen molar-refractivity contribution < 1.29 is 14.3 Å². The van der Waals surface area contributed by atoms with Crippen molar-refractivity contribution in [1.82, 2.24) is 0 Å². The van der Waals surface area contributed by atoms with Crippen LogP contribution in [-0.4, -0.2) is 19.8 Å². The molecule has 0 aromatic heterocycles. The van der Waals surface area contributed by atoms with Crippen LogP contribution in [0.15, 0.2) is 23.2 Å². The molecule has 1 aliphatic rings. The summed E-state index contributed by atoms with van der Waals surface area (Å²) in [5, 5.41) is 0. The van der Waals surface area contributed by atoms with Gasteiger partial charge in [0.25, 0.3) is 0 Å². The highest BCUT2D eigenvalue weighted by Gasteiger charge is 2.43. The summed E-state index contributed by atoms with van der Waals surface area (Å²) < 4.78 is 11.0. The van der Waals surface area contributed by atoms with Crippen molar-refractivity contribution >= 4 is 6.08 Å². The number of hydrogen-bond donors (Lipinski definition) is 0. The Kier molecular flexibility index (Phi) is 3.68. The number of aliphatic imine (C=N–C) groups is 1. The smallest absolute Gasteiger partial charge is 0.235 e. The fourth-order valence-electron chi connectivity index (χ4n) is 2.43. The number of ether oxygens (including phenoxy) is 2. The lowest BCUT2D eigenvalue weighted by Crippen LogP contribution is -2.33. The van der Waals surface area contributed by atoms with Crippen LogP contribution in [0.1, 0.15) is 31.7 Å². The molecule has 0 bridgehead atoms. The molecule has 0 saturated heterocycles. The molecule has 96 valence electrons. The number of methoxy groups -OCH3 is 1. The molecule has 0 aliphatic heterocycles. The number of carbonyl (C=O) groups excluding carboxylic acids is 1. The van der Waals surface area contributed by atoms with Crippen molar-refractivity contribution in [2.75, 3.05) is 13.7 Å². The monoisotopic (exact) mass is 247 g/mol. The van der Waals surface area contributed by atoms with E-state index in [1.54, 1.807) is 13.2 Å². The average Bonchev–Trinajstić information content (AvgIpc) is 2.34. The topological polar surface area (TPSA) is 47.9 Å². The Morgan fingerprint density at radius 2 is 2.11 bits per heavy atom. The highest BCUT2D eigenvalue weighted by molar-refractivity contribution is 5.52. The molecule has 0 atom stereocenters. The van der Waals surface area contributed by atoms with E-state index in [2.05, 4.69) is 4.99 Å². The van der Waals surface area contributed by atoms with Gasteiger partial charge in [-0.2, -0.15) is 4.99 Å². The van der Waals surface area contributed by atoms with E-state index in [1.165, 1.54) is 0 Å². The van der Waals surface area contributed by atoms with Gasteiger partial charge in [0.15, 0.2) is 0 Å². The summed E-state index contributed by atoms with van der Waals surface area (Å²) in [6, 6.07) is 5.64. The SMILES string of the molecule is CCOc1cccc(OC)c1C1(N=C=O)CCC1. The maximum atomic E-state index is 10.7. The van der Waals surface area contributed by atoms with Crippen molar-refractivity contribution in [2.24, 2.45) is 4.99 Å². The minimum atomic E-state index is -0.501. The summed E-state index contributed by atoms with van der Waals surface area (Å²) >= 11 is 0. The van der Waals surface area contributed by atoms with Crippen molar-refractivity contribution in [1.29, 1.82) is 0 Å². The fraction of sp³-hybridized carbons (Fsp3) is 0.500. The normalized spacial score (nSPS) is 16.3. The van der Waals surface area contributed by atoms with Gasteiger partial charge in [0.1, 0.15) is 17.0 Å². The minimum Gasteiger partial charge on any atom is -0.496 e. The zero-order valence-electron chi connectivity index (χ0n) is 10.7. The van der Waals surface area contributed by atoms with Gasteiger partial charge in [-0.05, 0) is 38.3 Å². The maximum Gasteiger partial charge on any atom is 0.235 e. The van der Waals surface area contributed by atoms with Crippen LogP contribution in [0.25, 0.3) is 0 Å². The standard InChI is InChI=1S/C14H17NO3/c1-3-18-12-7-4-6-11(17-2)13(12)14(15-10-16)8-5-9-14/h4,6-7H,3,5,8-9H2,1-2H3. The van der Waals surface area contributed by atoms with E-state index in [0.717, 1.165) is 36.3 Å². The molecule has 0 heterocycles. The van der Waals surface area contributed by atoms with Gasteiger partial charge in [0.05, 0.1) is 19.3 Å². The van der Waals surface area contributed by atoms with Crippen LogP contribution in [0.5, 0.6) is 11.5 Å². The Morgan fingerprint density at radius 1 is 1.39 bits per heavy atom. The Morgan fingerprint density at radius 3 is 2.61 bits per heavy atom. The van der Waals surface area contributed by atoms with Gasteiger partial charge in [-0.3, -0.25) is 0 Å². The van der Waals surface area contributed by atoms with E-state index in [1.807, 2.05) is 25.1 Å². The van der Waals surface area contributed by atoms with E-state index in [9.17, 15) is 4.79 Å². The second-order valence-corrected chi connectivity index (χ2v) is 4.35. The molecule has 0 unspecified atom stereocenters. The third kappa shape index (κ3) is 2.00. The molecule has 1 saturated carbocycles. The summed E-state index contributed by atoms with van der Waals surface area (Å²) in [6.07, 6.45) is 4.42. The predicted molar refractivity (Wildman–Crippen MR) is 67.8 cm³/mol. The van der Waals surface area contributed by atoms with Crippen LogP contribution in [0.4, 0.5) is 0 Å². The molecule has 2 rings (SSSR count). The maximum absolute atomic E-state index is 10.7. The molecule has 0 N–H and O–H groups in total. The highest BCUT2D eigenvalue weighted by atomic mass is 16.5. The largest absolute Gasteiger partial charge is 0.496 e. The zero-order chi connectivity index (χ0) is 13.0. The lowest BCUT2D eigenvalue weighted by atomic mass is 9.71. The average molecular weight is 247 g/mol. The van der Waals surface area contributed by atoms with Gasteiger partial charge in [-0.25, -0.2) is 4.79 Å². The molecule has 4 heteroatoms. The third-order valence-electron chi connectivity index (χ3n) is 3.41. The lowest BCUT2D eigenvalue weighted by Gasteiger charge is -2.38. The van der Waals surface area contributed by atoms with E-state index in [0.29, 0.717) is 6.61 Å². The Hall–Kier alpha value is -1.80. The van der Waals surface area contributed by atoms with Gasteiger partial charge in [-0.1, -0.05) is 6.07 Å². The van der Waals surface area contributed by atoms with Crippen LogP contribution in [0, 0.1) is 0 Å². The Bertz CT molecular complexity index is 474. The fourth-order valence-corrected chi connectivity index (χ4v) is 2.43. The van der Waals surface area contributed by atoms with Crippen molar-refractivity contribution in [3.05, 3.63) is 23.8 Å². The summed E-state index contributed by atoms with van der Waals surface area (Å²) in [5.41, 5.74) is 0.378. The second kappa shape index (κ2) is 5.23. The Labute approximate surface area is 107 Å². The minimum absolute atomic E-state index is 0.501. The quantitative estimate of drug-likeness (QED) is 0.593. The summed E-state index contributed by atoms with van der Waals surface area (Å²) in [4.78, 5) is 14.7. The number of hydrogen-bond acceptors (Lipinski definition) is 4. The second-order valence-electron chi connectivity index (χ2n) is 4.35. The first-order chi connectivity index (χ1) is 8.77. The molecule has 18 heavy (non-hydrogen) atoms. The van der Waals surface area contributed by atoms with Gasteiger partial charge >= 0.3 is 0 Å². The zero-order valence-corrected chi connectivity index (χ0v) is 10.7. The van der Waals surface area contributed by atoms with Crippen molar-refractivity contribution in [2.45, 2.75) is 31.7 Å². The number of rotatable bonds is 5. The van der Waals surface area contributed by atoms with Crippen LogP contribution in [0.2, 0.25) is 0 Å². The van der Waals surface area contributed by atoms with E-state index in [4.69, 9.17) is 9.47 Å². The van der Waals surface area contributed by atoms with Crippen LogP contribution >= 0.6 is 0 Å². The predicted octanol–water partition coefficient (Wildman–Crippen LogP) is 2.81. The van der Waals surface area contributed by atoms with Crippen LogP contribution in [0.3, 0.4) is 0 Å². The molecular formula is C14H17NO3. The van der Waals surface area contributed by atoms with Crippen molar-refractivity contribution in [3.8, 4) is 11.5 Å². The first-order valence-electron chi connectivity index (χ1n) is 6.16. The third-order valence-corrected chi connectivity index (χ3v) is 3.41. The van der Waals surface area contributed by atoms with Crippen molar-refractivity contribution in [3.63, 3.8) is 0 Å². The summed E-state index contributed by atoms with van der Waals surface area (Å²) in [5.74, 6) is 1.47. The van der Waals surface area contributed by atoms with Gasteiger partial charge < -0.3 is 9.47 Å². The highest BCUT2D eigenvalue weighted by Crippen LogP contribution is 2.51.